The van der Waals surface area contributed by atoms with E-state index in [9.17, 15) is 4.39 Å². The molecule has 4 nitrogen and oxygen atoms in total. The highest BCUT2D eigenvalue weighted by Crippen LogP contribution is 2.30. The molecule has 0 spiro atoms. The summed E-state index contributed by atoms with van der Waals surface area (Å²) in [5, 5.41) is 3.80. The van der Waals surface area contributed by atoms with Gasteiger partial charge in [-0.25, -0.2) is 4.39 Å². The lowest BCUT2D eigenvalue weighted by molar-refractivity contribution is 0.165. The van der Waals surface area contributed by atoms with Crippen LogP contribution >= 0.6 is 0 Å². The van der Waals surface area contributed by atoms with Crippen molar-refractivity contribution in [3.63, 3.8) is 0 Å². The number of halogens is 1. The highest BCUT2D eigenvalue weighted by atomic mass is 19.1. The number of aryl methyl sites for hydroxylation is 1. The topological polar surface area (TPSA) is 42.2 Å². The van der Waals surface area contributed by atoms with Crippen LogP contribution in [0.2, 0.25) is 0 Å². The largest absolute Gasteiger partial charge is 0.338 e. The van der Waals surface area contributed by atoms with Gasteiger partial charge in [0.1, 0.15) is 5.82 Å². The third-order valence-electron chi connectivity index (χ3n) is 3.68. The molecule has 0 saturated carbocycles. The average Bonchev–Trinajstić information content (AvgIpc) is 2.78. The monoisotopic (exact) mass is 261 g/mol. The van der Waals surface area contributed by atoms with Gasteiger partial charge in [-0.2, -0.15) is 4.98 Å². The molecule has 0 fully saturated rings. The zero-order valence-corrected chi connectivity index (χ0v) is 11.1. The predicted octanol–water partition coefficient (Wildman–Crippen LogP) is 2.64. The van der Waals surface area contributed by atoms with E-state index >= 15 is 0 Å². The molecule has 0 amide bonds. The van der Waals surface area contributed by atoms with E-state index in [1.54, 1.807) is 6.07 Å². The van der Waals surface area contributed by atoms with Gasteiger partial charge in [-0.05, 0) is 43.5 Å². The third kappa shape index (κ3) is 2.38. The highest BCUT2D eigenvalue weighted by molar-refractivity contribution is 5.32. The summed E-state index contributed by atoms with van der Waals surface area (Å²) >= 11 is 0. The highest BCUT2D eigenvalue weighted by Gasteiger charge is 2.25. The quantitative estimate of drug-likeness (QED) is 0.833. The first kappa shape index (κ1) is 12.3. The van der Waals surface area contributed by atoms with Crippen LogP contribution in [-0.2, 0) is 13.0 Å². The Kier molecular flexibility index (Phi) is 3.06. The second-order valence-corrected chi connectivity index (χ2v) is 4.97. The molecule has 0 aliphatic carbocycles. The zero-order chi connectivity index (χ0) is 13.4. The summed E-state index contributed by atoms with van der Waals surface area (Å²) in [6.07, 6.45) is 0.852. The second kappa shape index (κ2) is 4.74. The molecular formula is C14H16FN3O. The summed E-state index contributed by atoms with van der Waals surface area (Å²) in [6, 6.07) is 5.27. The molecule has 0 bridgehead atoms. The molecule has 1 aromatic carbocycles. The summed E-state index contributed by atoms with van der Waals surface area (Å²) in [5.41, 5.74) is 2.29. The smallest absolute Gasteiger partial charge is 0.240 e. The lowest BCUT2D eigenvalue weighted by Gasteiger charge is -2.34. The molecule has 1 atom stereocenters. The average molecular weight is 261 g/mol. The molecule has 1 aromatic heterocycles. The number of hydrogen-bond donors (Lipinski definition) is 0. The van der Waals surface area contributed by atoms with Crippen molar-refractivity contribution in [3.8, 4) is 0 Å². The Balaban J connectivity index is 1.81. The van der Waals surface area contributed by atoms with Gasteiger partial charge in [0.05, 0.1) is 6.54 Å². The molecule has 100 valence electrons. The van der Waals surface area contributed by atoms with Crippen LogP contribution in [0.1, 0.15) is 35.8 Å². The van der Waals surface area contributed by atoms with Gasteiger partial charge in [-0.15, -0.1) is 0 Å². The van der Waals surface area contributed by atoms with E-state index in [4.69, 9.17) is 4.52 Å². The fourth-order valence-corrected chi connectivity index (χ4v) is 2.65. The predicted molar refractivity (Wildman–Crippen MR) is 68.0 cm³/mol. The van der Waals surface area contributed by atoms with Crippen LogP contribution in [0, 0.1) is 12.7 Å². The fraction of sp³-hybridized carbons (Fsp3) is 0.429. The minimum Gasteiger partial charge on any atom is -0.338 e. The van der Waals surface area contributed by atoms with Crippen molar-refractivity contribution in [1.82, 2.24) is 15.0 Å². The minimum atomic E-state index is -0.160. The van der Waals surface area contributed by atoms with E-state index in [0.717, 1.165) is 18.5 Å². The van der Waals surface area contributed by atoms with E-state index in [1.807, 2.05) is 13.0 Å². The van der Waals surface area contributed by atoms with Gasteiger partial charge in [0.25, 0.3) is 0 Å². The molecule has 0 saturated heterocycles. The molecule has 1 unspecified atom stereocenters. The molecular weight excluding hydrogens is 245 g/mol. The van der Waals surface area contributed by atoms with Crippen molar-refractivity contribution in [2.24, 2.45) is 0 Å². The standard InChI is InChI=1S/C14H16FN3O/c1-9-13-4-3-12(15)7-11(13)5-6-18(9)8-14-16-10(2)17-19-14/h3-4,7,9H,5-6,8H2,1-2H3. The van der Waals surface area contributed by atoms with Crippen LogP contribution in [0.4, 0.5) is 4.39 Å². The maximum atomic E-state index is 13.2. The molecule has 5 heteroatoms. The SMILES string of the molecule is Cc1noc(CN2CCc3cc(F)ccc3C2C)n1. The Hall–Kier alpha value is -1.75. The van der Waals surface area contributed by atoms with Crippen molar-refractivity contribution in [3.05, 3.63) is 46.9 Å². The Labute approximate surface area is 111 Å². The van der Waals surface area contributed by atoms with Gasteiger partial charge in [0, 0.05) is 12.6 Å². The van der Waals surface area contributed by atoms with Crippen molar-refractivity contribution in [2.45, 2.75) is 32.9 Å². The first-order valence-electron chi connectivity index (χ1n) is 6.45. The number of rotatable bonds is 2. The van der Waals surface area contributed by atoms with Gasteiger partial charge >= 0.3 is 0 Å². The first-order valence-corrected chi connectivity index (χ1v) is 6.45. The first-order chi connectivity index (χ1) is 9.13. The summed E-state index contributed by atoms with van der Waals surface area (Å²) in [5.74, 6) is 1.13. The van der Waals surface area contributed by atoms with Gasteiger partial charge in [0.2, 0.25) is 5.89 Å². The van der Waals surface area contributed by atoms with Crippen molar-refractivity contribution < 1.29 is 8.91 Å². The Morgan fingerprint density at radius 1 is 1.47 bits per heavy atom. The summed E-state index contributed by atoms with van der Waals surface area (Å²) < 4.78 is 18.4. The maximum Gasteiger partial charge on any atom is 0.240 e. The van der Waals surface area contributed by atoms with Crippen LogP contribution in [0.25, 0.3) is 0 Å². The molecule has 0 radical (unpaired) electrons. The maximum absolute atomic E-state index is 13.2. The lowest BCUT2D eigenvalue weighted by atomic mass is 9.93. The Morgan fingerprint density at radius 3 is 3.05 bits per heavy atom. The number of nitrogens with zero attached hydrogens (tertiary/aromatic N) is 3. The normalized spacial score (nSPS) is 19.4. The van der Waals surface area contributed by atoms with Gasteiger partial charge in [-0.3, -0.25) is 4.90 Å². The minimum absolute atomic E-state index is 0.160. The van der Waals surface area contributed by atoms with Crippen molar-refractivity contribution in [2.75, 3.05) is 6.54 Å². The van der Waals surface area contributed by atoms with Gasteiger partial charge in [-0.1, -0.05) is 11.2 Å². The summed E-state index contributed by atoms with van der Waals surface area (Å²) in [6.45, 7) is 5.45. The zero-order valence-electron chi connectivity index (χ0n) is 11.1. The summed E-state index contributed by atoms with van der Waals surface area (Å²) in [4.78, 5) is 6.50. The van der Waals surface area contributed by atoms with Crippen LogP contribution < -0.4 is 0 Å². The Morgan fingerprint density at radius 2 is 2.32 bits per heavy atom. The van der Waals surface area contributed by atoms with Crippen LogP contribution in [0.3, 0.4) is 0 Å². The molecule has 3 rings (SSSR count). The summed E-state index contributed by atoms with van der Waals surface area (Å²) in [7, 11) is 0. The third-order valence-corrected chi connectivity index (χ3v) is 3.68. The number of aromatic nitrogens is 2. The molecule has 2 heterocycles. The van der Waals surface area contributed by atoms with Crippen LogP contribution in [0.15, 0.2) is 22.7 Å². The number of hydrogen-bond acceptors (Lipinski definition) is 4. The van der Waals surface area contributed by atoms with Crippen molar-refractivity contribution >= 4 is 0 Å². The van der Waals surface area contributed by atoms with E-state index < -0.39 is 0 Å². The molecule has 1 aliphatic heterocycles. The van der Waals surface area contributed by atoms with E-state index in [-0.39, 0.29) is 11.9 Å². The van der Waals surface area contributed by atoms with E-state index in [1.165, 1.54) is 11.6 Å². The molecule has 19 heavy (non-hydrogen) atoms. The van der Waals surface area contributed by atoms with E-state index in [0.29, 0.717) is 18.3 Å². The van der Waals surface area contributed by atoms with Gasteiger partial charge < -0.3 is 4.52 Å². The van der Waals surface area contributed by atoms with Crippen LogP contribution in [0.5, 0.6) is 0 Å². The number of fused-ring (bicyclic) bond motifs is 1. The fourth-order valence-electron chi connectivity index (χ4n) is 2.65. The molecule has 2 aromatic rings. The van der Waals surface area contributed by atoms with E-state index in [2.05, 4.69) is 22.0 Å². The Bertz CT molecular complexity index is 596. The van der Waals surface area contributed by atoms with Gasteiger partial charge in [0.15, 0.2) is 5.82 Å². The van der Waals surface area contributed by atoms with Crippen LogP contribution in [-0.4, -0.2) is 21.6 Å². The van der Waals surface area contributed by atoms with Crippen molar-refractivity contribution in [1.29, 1.82) is 0 Å². The lowest BCUT2D eigenvalue weighted by Crippen LogP contribution is -2.33. The number of benzene rings is 1. The molecule has 1 aliphatic rings. The molecule has 0 N–H and O–H groups in total. The second-order valence-electron chi connectivity index (χ2n) is 4.97.